The van der Waals surface area contributed by atoms with Gasteiger partial charge in [-0.3, -0.25) is 0 Å². The minimum absolute atomic E-state index is 0.000990. The van der Waals surface area contributed by atoms with Crippen molar-refractivity contribution in [1.82, 2.24) is 5.32 Å². The molecule has 2 rings (SSSR count). The summed E-state index contributed by atoms with van der Waals surface area (Å²) >= 11 is 0. The number of hydrogen-bond acceptors (Lipinski definition) is 2. The van der Waals surface area contributed by atoms with Crippen molar-refractivity contribution < 1.29 is 13.9 Å². The molecule has 0 amide bonds. The van der Waals surface area contributed by atoms with Crippen LogP contribution in [0.2, 0.25) is 0 Å². The fraction of sp³-hybridized carbons (Fsp3) is 0.294. The van der Waals surface area contributed by atoms with Gasteiger partial charge in [-0.05, 0) is 43.1 Å². The van der Waals surface area contributed by atoms with Crippen molar-refractivity contribution in [2.24, 2.45) is 0 Å². The zero-order valence-corrected chi connectivity index (χ0v) is 11.9. The van der Waals surface area contributed by atoms with Gasteiger partial charge in [0.2, 0.25) is 0 Å². The molecule has 0 aliphatic carbocycles. The van der Waals surface area contributed by atoms with E-state index >= 15 is 0 Å². The highest BCUT2D eigenvalue weighted by Crippen LogP contribution is 2.16. The van der Waals surface area contributed by atoms with Gasteiger partial charge in [0, 0.05) is 11.6 Å². The molecule has 0 bridgehead atoms. The fourth-order valence-corrected chi connectivity index (χ4v) is 2.26. The van der Waals surface area contributed by atoms with E-state index in [1.165, 1.54) is 18.2 Å². The van der Waals surface area contributed by atoms with Gasteiger partial charge in [-0.2, -0.15) is 0 Å². The molecular formula is C17H19F2NO. The maximum Gasteiger partial charge on any atom is 0.129 e. The van der Waals surface area contributed by atoms with Gasteiger partial charge in [-0.15, -0.1) is 0 Å². The summed E-state index contributed by atoms with van der Waals surface area (Å²) in [4.78, 5) is 0. The lowest BCUT2D eigenvalue weighted by atomic mass is 10.0. The molecule has 0 spiro atoms. The molecule has 0 aliphatic heterocycles. The van der Waals surface area contributed by atoms with Crippen molar-refractivity contribution in [3.8, 4) is 0 Å². The first kappa shape index (κ1) is 15.6. The van der Waals surface area contributed by atoms with Gasteiger partial charge in [-0.1, -0.05) is 30.3 Å². The second kappa shape index (κ2) is 7.29. The molecule has 2 aromatic carbocycles. The first-order chi connectivity index (χ1) is 10.1. The Balaban J connectivity index is 1.93. The Kier molecular flexibility index (Phi) is 5.42. The molecule has 1 atom stereocenters. The van der Waals surface area contributed by atoms with E-state index < -0.39 is 11.6 Å². The quantitative estimate of drug-likeness (QED) is 0.855. The molecule has 0 aliphatic rings. The van der Waals surface area contributed by atoms with Gasteiger partial charge in [0.15, 0.2) is 0 Å². The van der Waals surface area contributed by atoms with Crippen LogP contribution in [-0.2, 0) is 13.0 Å². The van der Waals surface area contributed by atoms with E-state index in [9.17, 15) is 8.78 Å². The van der Waals surface area contributed by atoms with E-state index in [0.29, 0.717) is 13.0 Å². The lowest BCUT2D eigenvalue weighted by Gasteiger charge is -2.15. The molecule has 21 heavy (non-hydrogen) atoms. The van der Waals surface area contributed by atoms with E-state index in [1.807, 2.05) is 31.2 Å². The average Bonchev–Trinajstić information content (AvgIpc) is 2.50. The van der Waals surface area contributed by atoms with E-state index in [4.69, 9.17) is 5.11 Å². The molecule has 0 radical (unpaired) electrons. The minimum atomic E-state index is -0.508. The molecule has 2 aromatic rings. The van der Waals surface area contributed by atoms with Crippen molar-refractivity contribution in [2.45, 2.75) is 26.0 Å². The van der Waals surface area contributed by atoms with Crippen LogP contribution in [0.25, 0.3) is 0 Å². The highest BCUT2D eigenvalue weighted by molar-refractivity contribution is 5.25. The van der Waals surface area contributed by atoms with Crippen molar-refractivity contribution >= 4 is 0 Å². The van der Waals surface area contributed by atoms with Crippen LogP contribution in [0.5, 0.6) is 0 Å². The second-order valence-corrected chi connectivity index (χ2v) is 5.03. The summed E-state index contributed by atoms with van der Waals surface area (Å²) in [5, 5.41) is 12.4. The van der Waals surface area contributed by atoms with E-state index in [0.717, 1.165) is 11.1 Å². The van der Waals surface area contributed by atoms with Crippen LogP contribution >= 0.6 is 0 Å². The van der Waals surface area contributed by atoms with Crippen molar-refractivity contribution in [1.29, 1.82) is 0 Å². The molecule has 0 aromatic heterocycles. The predicted octanol–water partition coefficient (Wildman–Crippen LogP) is 3.35. The van der Waals surface area contributed by atoms with Crippen molar-refractivity contribution in [3.05, 3.63) is 70.8 Å². The number of aliphatic hydroxyl groups is 1. The Labute approximate surface area is 123 Å². The van der Waals surface area contributed by atoms with Crippen LogP contribution in [0.4, 0.5) is 8.78 Å². The normalized spacial score (nSPS) is 12.4. The molecule has 0 saturated heterocycles. The molecular weight excluding hydrogens is 272 g/mol. The number of aliphatic hydroxyl groups excluding tert-OH is 1. The first-order valence-corrected chi connectivity index (χ1v) is 6.97. The summed E-state index contributed by atoms with van der Waals surface area (Å²) in [6, 6.07) is 11.6. The topological polar surface area (TPSA) is 32.3 Å². The number of halogens is 2. The molecule has 2 N–H and O–H groups in total. The molecule has 4 heteroatoms. The smallest absolute Gasteiger partial charge is 0.129 e. The van der Waals surface area contributed by atoms with E-state index in [2.05, 4.69) is 5.32 Å². The Bertz CT molecular complexity index is 581. The monoisotopic (exact) mass is 291 g/mol. The van der Waals surface area contributed by atoms with Gasteiger partial charge < -0.3 is 10.4 Å². The van der Waals surface area contributed by atoms with Crippen LogP contribution in [0.3, 0.4) is 0 Å². The third-order valence-corrected chi connectivity index (χ3v) is 3.52. The van der Waals surface area contributed by atoms with Crippen LogP contribution in [0, 0.1) is 11.6 Å². The van der Waals surface area contributed by atoms with Crippen LogP contribution < -0.4 is 5.32 Å². The predicted molar refractivity (Wildman–Crippen MR) is 78.8 cm³/mol. The Morgan fingerprint density at radius 2 is 1.76 bits per heavy atom. The Morgan fingerprint density at radius 3 is 2.43 bits per heavy atom. The Morgan fingerprint density at radius 1 is 1.10 bits per heavy atom. The number of rotatable bonds is 6. The molecule has 0 fully saturated rings. The van der Waals surface area contributed by atoms with Gasteiger partial charge in [0.25, 0.3) is 0 Å². The summed E-state index contributed by atoms with van der Waals surface area (Å²) in [6.07, 6.45) is 0.294. The zero-order valence-electron chi connectivity index (χ0n) is 11.9. The van der Waals surface area contributed by atoms with Crippen LogP contribution in [-0.4, -0.2) is 11.7 Å². The largest absolute Gasteiger partial charge is 0.392 e. The summed E-state index contributed by atoms with van der Waals surface area (Å²) in [5.41, 5.74) is 2.00. The van der Waals surface area contributed by atoms with Gasteiger partial charge in [-0.25, -0.2) is 8.78 Å². The molecule has 0 saturated carbocycles. The number of nitrogens with one attached hydrogen (secondary N) is 1. The zero-order chi connectivity index (χ0) is 15.2. The summed E-state index contributed by atoms with van der Waals surface area (Å²) < 4.78 is 27.0. The molecule has 0 heterocycles. The number of benzene rings is 2. The maximum absolute atomic E-state index is 13.5. The van der Waals surface area contributed by atoms with E-state index in [-0.39, 0.29) is 18.2 Å². The number of hydrogen-bond donors (Lipinski definition) is 2. The van der Waals surface area contributed by atoms with Gasteiger partial charge in [0.1, 0.15) is 11.6 Å². The van der Waals surface area contributed by atoms with Crippen LogP contribution in [0.1, 0.15) is 29.7 Å². The molecule has 1 unspecified atom stereocenters. The van der Waals surface area contributed by atoms with Crippen molar-refractivity contribution in [2.75, 3.05) is 6.54 Å². The maximum atomic E-state index is 13.5. The minimum Gasteiger partial charge on any atom is -0.392 e. The highest BCUT2D eigenvalue weighted by Gasteiger charge is 2.09. The van der Waals surface area contributed by atoms with Gasteiger partial charge >= 0.3 is 0 Å². The van der Waals surface area contributed by atoms with E-state index in [1.54, 1.807) is 0 Å². The van der Waals surface area contributed by atoms with Crippen LogP contribution in [0.15, 0.2) is 42.5 Å². The first-order valence-electron chi connectivity index (χ1n) is 6.97. The lowest BCUT2D eigenvalue weighted by Crippen LogP contribution is -2.22. The second-order valence-electron chi connectivity index (χ2n) is 5.03. The SMILES string of the molecule is CC(NCCc1c(F)cccc1F)c1cccc(CO)c1. The summed E-state index contributed by atoms with van der Waals surface area (Å²) in [6.45, 7) is 2.46. The standard InChI is InChI=1S/C17H19F2NO/c1-12(14-5-2-4-13(10-14)11-21)20-9-8-15-16(18)6-3-7-17(15)19/h2-7,10,12,20-21H,8-9,11H2,1H3. The molecule has 112 valence electrons. The molecule has 2 nitrogen and oxygen atoms in total. The third kappa shape index (κ3) is 4.09. The van der Waals surface area contributed by atoms with Crippen molar-refractivity contribution in [3.63, 3.8) is 0 Å². The third-order valence-electron chi connectivity index (χ3n) is 3.52. The lowest BCUT2D eigenvalue weighted by molar-refractivity contribution is 0.281. The average molecular weight is 291 g/mol. The van der Waals surface area contributed by atoms with Gasteiger partial charge in [0.05, 0.1) is 6.61 Å². The fourth-order valence-electron chi connectivity index (χ4n) is 2.26. The summed E-state index contributed by atoms with van der Waals surface area (Å²) in [5.74, 6) is -1.02. The summed E-state index contributed by atoms with van der Waals surface area (Å²) in [7, 11) is 0. The Hall–Kier alpha value is -1.78. The highest BCUT2D eigenvalue weighted by atomic mass is 19.1.